The van der Waals surface area contributed by atoms with Gasteiger partial charge in [-0.2, -0.15) is 0 Å². The highest BCUT2D eigenvalue weighted by atomic mass is 16.5. The number of rotatable bonds is 9. The molecule has 0 aliphatic rings. The lowest BCUT2D eigenvalue weighted by Gasteiger charge is -2.27. The van der Waals surface area contributed by atoms with Crippen LogP contribution in [0.4, 0.5) is 0 Å². The topological polar surface area (TPSA) is 65.0 Å². The third-order valence-electron chi connectivity index (χ3n) is 7.19. The first-order chi connectivity index (χ1) is 20.0. The Morgan fingerprint density at radius 1 is 0.810 bits per heavy atom. The molecule has 5 nitrogen and oxygen atoms in total. The number of phenols is 1. The molecule has 0 fully saturated rings. The molecule has 0 radical (unpaired) electrons. The largest absolute Gasteiger partial charge is 0.508 e. The fourth-order valence-electron chi connectivity index (χ4n) is 4.43. The van der Waals surface area contributed by atoms with Crippen molar-refractivity contribution in [1.82, 2.24) is 0 Å². The van der Waals surface area contributed by atoms with E-state index in [2.05, 4.69) is 27.7 Å². The van der Waals surface area contributed by atoms with Crippen LogP contribution in [0.5, 0.6) is 23.0 Å². The molecule has 0 aliphatic carbocycles. The fraction of sp³-hybridized carbons (Fsp3) is 0.324. The number of aryl methyl sites for hydroxylation is 2. The Hall–Kier alpha value is -4.09. The van der Waals surface area contributed by atoms with Gasteiger partial charge in [-0.05, 0) is 104 Å². The monoisotopic (exact) mass is 568 g/mol. The Balaban J connectivity index is 0.00000155. The van der Waals surface area contributed by atoms with Crippen LogP contribution in [-0.2, 0) is 16.6 Å². The van der Waals surface area contributed by atoms with Gasteiger partial charge in [-0.15, -0.1) is 0 Å². The van der Waals surface area contributed by atoms with Crippen molar-refractivity contribution < 1.29 is 24.1 Å². The predicted molar refractivity (Wildman–Crippen MR) is 170 cm³/mol. The second kappa shape index (κ2) is 14.7. The molecule has 0 spiro atoms. The average molecular weight is 569 g/mol. The molecule has 4 aromatic carbocycles. The Bertz CT molecular complexity index is 1450. The first-order valence-corrected chi connectivity index (χ1v) is 14.5. The van der Waals surface area contributed by atoms with E-state index in [0.29, 0.717) is 17.1 Å². The predicted octanol–water partition coefficient (Wildman–Crippen LogP) is 9.34. The summed E-state index contributed by atoms with van der Waals surface area (Å²) in [5.41, 5.74) is 5.22. The number of hydrogen-bond donors (Lipinski definition) is 1. The molecule has 4 aromatic rings. The average Bonchev–Trinajstić information content (AvgIpc) is 2.97. The molecule has 222 valence electrons. The van der Waals surface area contributed by atoms with Gasteiger partial charge in [-0.25, -0.2) is 4.79 Å². The number of aromatic hydroxyl groups is 1. The zero-order valence-electron chi connectivity index (χ0n) is 26.2. The number of carbonyl (C=O) groups excluding carboxylic acids is 1. The number of ether oxygens (including phenoxy) is 3. The van der Waals surface area contributed by atoms with Crippen LogP contribution in [0, 0.1) is 13.8 Å². The summed E-state index contributed by atoms with van der Waals surface area (Å²) in [6.07, 6.45) is 2.25. The molecule has 1 atom stereocenters. The van der Waals surface area contributed by atoms with Crippen molar-refractivity contribution in [3.63, 3.8) is 0 Å². The van der Waals surface area contributed by atoms with Crippen molar-refractivity contribution >= 4 is 5.97 Å². The zero-order chi connectivity index (χ0) is 30.9. The highest BCUT2D eigenvalue weighted by Crippen LogP contribution is 2.36. The van der Waals surface area contributed by atoms with Gasteiger partial charge in [-0.1, -0.05) is 70.5 Å². The van der Waals surface area contributed by atoms with Gasteiger partial charge >= 0.3 is 5.97 Å². The van der Waals surface area contributed by atoms with E-state index in [4.69, 9.17) is 14.2 Å². The van der Waals surface area contributed by atoms with Crippen LogP contribution in [0.2, 0.25) is 0 Å². The van der Waals surface area contributed by atoms with Gasteiger partial charge in [0, 0.05) is 12.5 Å². The Morgan fingerprint density at radius 2 is 1.33 bits per heavy atom. The second-order valence-electron chi connectivity index (χ2n) is 11.2. The fourth-order valence-corrected chi connectivity index (χ4v) is 4.43. The van der Waals surface area contributed by atoms with E-state index >= 15 is 0 Å². The smallest absolute Gasteiger partial charge is 0.343 e. The number of phenolic OH excluding ortho intramolecular Hbond substituents is 1. The SMILES string of the molecule is CCC.COC(C)Cc1ccc(Oc2ccc(C(=O)Oc3ccc(C(C)(C)c4ccc(O)c(C)c4)cc3C)cc2)cc1. The minimum Gasteiger partial charge on any atom is -0.508 e. The molecule has 0 saturated heterocycles. The van der Waals surface area contributed by atoms with Crippen LogP contribution < -0.4 is 9.47 Å². The van der Waals surface area contributed by atoms with Crippen molar-refractivity contribution in [1.29, 1.82) is 0 Å². The summed E-state index contributed by atoms with van der Waals surface area (Å²) >= 11 is 0. The number of benzene rings is 4. The van der Waals surface area contributed by atoms with Crippen LogP contribution in [0.3, 0.4) is 0 Å². The summed E-state index contributed by atoms with van der Waals surface area (Å²) in [6.45, 7) is 14.4. The lowest BCUT2D eigenvalue weighted by atomic mass is 9.77. The molecule has 5 heteroatoms. The van der Waals surface area contributed by atoms with Gasteiger partial charge in [0.2, 0.25) is 0 Å². The first kappa shape index (κ1) is 32.4. The minimum atomic E-state index is -0.428. The lowest BCUT2D eigenvalue weighted by Crippen LogP contribution is -2.19. The molecule has 0 bridgehead atoms. The van der Waals surface area contributed by atoms with Gasteiger partial charge in [0.1, 0.15) is 23.0 Å². The van der Waals surface area contributed by atoms with Gasteiger partial charge in [-0.3, -0.25) is 0 Å². The van der Waals surface area contributed by atoms with Crippen LogP contribution in [0.15, 0.2) is 84.9 Å². The van der Waals surface area contributed by atoms with E-state index in [-0.39, 0.29) is 17.3 Å². The number of hydrogen-bond acceptors (Lipinski definition) is 5. The standard InChI is InChI=1S/C34H36O5.C3H8/c1-22-19-27(11-17-31(22)35)34(4,5)28-12-18-32(23(2)20-28)39-33(36)26-9-15-30(16-10-26)38-29-13-7-25(8-14-29)21-24(3)37-6;1-3-2/h7-20,24,35H,21H2,1-6H3;3H2,1-2H3. The molecule has 0 saturated carbocycles. The van der Waals surface area contributed by atoms with Gasteiger partial charge in [0.15, 0.2) is 0 Å². The highest BCUT2D eigenvalue weighted by molar-refractivity contribution is 5.91. The molecular formula is C37H44O5. The van der Waals surface area contributed by atoms with Gasteiger partial charge in [0.05, 0.1) is 11.7 Å². The van der Waals surface area contributed by atoms with E-state index < -0.39 is 5.97 Å². The van der Waals surface area contributed by atoms with Gasteiger partial charge < -0.3 is 19.3 Å². The summed E-state index contributed by atoms with van der Waals surface area (Å²) in [4.78, 5) is 12.9. The van der Waals surface area contributed by atoms with Crippen LogP contribution in [0.1, 0.15) is 79.2 Å². The molecule has 4 rings (SSSR count). The summed E-state index contributed by atoms with van der Waals surface area (Å²) in [5, 5.41) is 9.90. The Kier molecular flexibility index (Phi) is 11.3. The summed E-state index contributed by atoms with van der Waals surface area (Å²) < 4.78 is 17.0. The molecule has 1 N–H and O–H groups in total. The Morgan fingerprint density at radius 3 is 1.86 bits per heavy atom. The van der Waals surface area contributed by atoms with E-state index in [9.17, 15) is 9.90 Å². The highest BCUT2D eigenvalue weighted by Gasteiger charge is 2.25. The molecule has 0 amide bonds. The molecular weight excluding hydrogens is 524 g/mol. The summed E-state index contributed by atoms with van der Waals surface area (Å²) in [5.74, 6) is 1.73. The van der Waals surface area contributed by atoms with Crippen molar-refractivity contribution in [2.24, 2.45) is 0 Å². The van der Waals surface area contributed by atoms with Crippen molar-refractivity contribution in [3.8, 4) is 23.0 Å². The maximum atomic E-state index is 12.9. The lowest BCUT2D eigenvalue weighted by molar-refractivity contribution is 0.0733. The summed E-state index contributed by atoms with van der Waals surface area (Å²) in [6, 6.07) is 26.4. The maximum Gasteiger partial charge on any atom is 0.343 e. The number of esters is 1. The van der Waals surface area contributed by atoms with E-state index in [1.165, 1.54) is 12.0 Å². The van der Waals surface area contributed by atoms with Crippen LogP contribution in [-0.4, -0.2) is 24.3 Å². The van der Waals surface area contributed by atoms with Crippen molar-refractivity contribution in [2.75, 3.05) is 7.11 Å². The van der Waals surface area contributed by atoms with E-state index in [0.717, 1.165) is 34.4 Å². The quantitative estimate of drug-likeness (QED) is 0.161. The van der Waals surface area contributed by atoms with Crippen molar-refractivity contribution in [3.05, 3.63) is 118 Å². The van der Waals surface area contributed by atoms with Gasteiger partial charge in [0.25, 0.3) is 0 Å². The third kappa shape index (κ3) is 8.46. The summed E-state index contributed by atoms with van der Waals surface area (Å²) in [7, 11) is 1.71. The molecule has 0 heterocycles. The molecule has 42 heavy (non-hydrogen) atoms. The second-order valence-corrected chi connectivity index (χ2v) is 11.2. The number of methoxy groups -OCH3 is 1. The molecule has 0 aromatic heterocycles. The van der Waals surface area contributed by atoms with Crippen LogP contribution in [0.25, 0.3) is 0 Å². The molecule has 0 aliphatic heterocycles. The normalized spacial score (nSPS) is 11.7. The maximum absolute atomic E-state index is 12.9. The van der Waals surface area contributed by atoms with E-state index in [1.54, 1.807) is 37.4 Å². The third-order valence-corrected chi connectivity index (χ3v) is 7.19. The Labute approximate surface area is 251 Å². The zero-order valence-corrected chi connectivity index (χ0v) is 26.2. The molecule has 1 unspecified atom stereocenters. The number of carbonyl (C=O) groups is 1. The minimum absolute atomic E-state index is 0.160. The van der Waals surface area contributed by atoms with E-state index in [1.807, 2.05) is 75.4 Å². The van der Waals surface area contributed by atoms with Crippen molar-refractivity contribution in [2.45, 2.75) is 72.8 Å². The first-order valence-electron chi connectivity index (χ1n) is 14.5. The van der Waals surface area contributed by atoms with Crippen LogP contribution >= 0.6 is 0 Å².